The molecule has 0 radical (unpaired) electrons. The summed E-state index contributed by atoms with van der Waals surface area (Å²) in [5.41, 5.74) is 13.0. The molecule has 3 aromatic rings. The van der Waals surface area contributed by atoms with Crippen molar-refractivity contribution in [2.24, 2.45) is 11.5 Å². The molecule has 40 heavy (non-hydrogen) atoms. The molecular formula is C25H32N8O6S. The molecule has 0 fully saturated rings. The molecule has 4 unspecified atom stereocenters. The predicted molar refractivity (Wildman–Crippen MR) is 148 cm³/mol. The fourth-order valence-electron chi connectivity index (χ4n) is 3.99. The van der Waals surface area contributed by atoms with Crippen LogP contribution in [0.2, 0.25) is 0 Å². The number of carboxylic acids is 1. The van der Waals surface area contributed by atoms with Gasteiger partial charge in [0.1, 0.15) is 18.1 Å². The molecule has 3 rings (SSSR count). The first-order valence-electron chi connectivity index (χ1n) is 12.4. The molecule has 4 atom stereocenters. The number of primary amides is 1. The molecule has 0 saturated carbocycles. The fraction of sp³-hybridized carbons (Fsp3) is 0.360. The molecule has 15 heteroatoms. The lowest BCUT2D eigenvalue weighted by Gasteiger charge is -2.25. The number of nitrogens with zero attached hydrogens (tertiary/aromatic N) is 1. The highest BCUT2D eigenvalue weighted by molar-refractivity contribution is 7.80. The zero-order chi connectivity index (χ0) is 29.2. The summed E-state index contributed by atoms with van der Waals surface area (Å²) in [5.74, 6) is -4.24. The molecule has 1 aromatic carbocycles. The molecule has 0 spiro atoms. The largest absolute Gasteiger partial charge is 0.480 e. The van der Waals surface area contributed by atoms with E-state index < -0.39 is 53.8 Å². The van der Waals surface area contributed by atoms with Gasteiger partial charge in [-0.2, -0.15) is 12.6 Å². The molecule has 2 aromatic heterocycles. The van der Waals surface area contributed by atoms with Crippen LogP contribution < -0.4 is 27.4 Å². The van der Waals surface area contributed by atoms with Crippen molar-refractivity contribution in [3.63, 3.8) is 0 Å². The first kappa shape index (κ1) is 30.2. The standard InChI is InChI=1S/C25H32N8O6S/c26-16(5-6-21(27)34)22(35)31-19(8-14-10-28-12-30-14)24(37)32-18(23(36)33-20(11-40)25(38)39)7-13-9-29-17-4-2-1-3-15(13)17/h1-4,9-10,12,16,18-20,29,40H,5-8,11,26H2,(H2,27,34)(H,28,30)(H,31,35)(H,32,37)(H,33,36)(H,38,39). The van der Waals surface area contributed by atoms with Gasteiger partial charge in [0.2, 0.25) is 23.6 Å². The van der Waals surface area contributed by atoms with E-state index in [2.05, 4.69) is 43.5 Å². The lowest BCUT2D eigenvalue weighted by molar-refractivity contribution is -0.141. The number of aromatic nitrogens is 3. The van der Waals surface area contributed by atoms with Crippen molar-refractivity contribution in [1.29, 1.82) is 0 Å². The van der Waals surface area contributed by atoms with Crippen LogP contribution in [0, 0.1) is 0 Å². The van der Waals surface area contributed by atoms with E-state index >= 15 is 0 Å². The van der Waals surface area contributed by atoms with Crippen LogP contribution in [0.15, 0.2) is 43.0 Å². The van der Waals surface area contributed by atoms with Gasteiger partial charge in [-0.3, -0.25) is 19.2 Å². The topological polar surface area (TPSA) is 238 Å². The number of aromatic amines is 2. The zero-order valence-electron chi connectivity index (χ0n) is 21.4. The van der Waals surface area contributed by atoms with Crippen molar-refractivity contribution in [3.8, 4) is 0 Å². The zero-order valence-corrected chi connectivity index (χ0v) is 22.3. The van der Waals surface area contributed by atoms with Gasteiger partial charge in [0.15, 0.2) is 0 Å². The number of hydrogen-bond acceptors (Lipinski definition) is 8. The number of aliphatic carboxylic acids is 1. The number of nitrogens with one attached hydrogen (secondary N) is 5. The molecule has 14 nitrogen and oxygen atoms in total. The number of carbonyl (C=O) groups excluding carboxylic acids is 4. The molecule has 0 aliphatic carbocycles. The summed E-state index contributed by atoms with van der Waals surface area (Å²) >= 11 is 3.99. The van der Waals surface area contributed by atoms with Crippen LogP contribution in [0.4, 0.5) is 0 Å². The molecule has 0 bridgehead atoms. The number of para-hydroxylation sites is 1. The Kier molecular flexibility index (Phi) is 10.7. The van der Waals surface area contributed by atoms with Crippen molar-refractivity contribution >= 4 is 53.1 Å². The number of benzene rings is 1. The number of carbonyl (C=O) groups is 5. The minimum atomic E-state index is -1.29. The Morgan fingerprint density at radius 1 is 0.950 bits per heavy atom. The van der Waals surface area contributed by atoms with Crippen molar-refractivity contribution < 1.29 is 29.1 Å². The molecule has 10 N–H and O–H groups in total. The van der Waals surface area contributed by atoms with Gasteiger partial charge >= 0.3 is 5.97 Å². The Bertz CT molecular complexity index is 1340. The predicted octanol–water partition coefficient (Wildman–Crippen LogP) is -1.26. The summed E-state index contributed by atoms with van der Waals surface area (Å²) in [4.78, 5) is 71.9. The summed E-state index contributed by atoms with van der Waals surface area (Å²) in [6.07, 6.45) is 4.44. The molecule has 4 amide bonds. The van der Waals surface area contributed by atoms with E-state index in [1.54, 1.807) is 6.20 Å². The van der Waals surface area contributed by atoms with E-state index in [1.165, 1.54) is 12.5 Å². The summed E-state index contributed by atoms with van der Waals surface area (Å²) < 4.78 is 0. The number of imidazole rings is 1. The Hall–Kier alpha value is -4.37. The lowest BCUT2D eigenvalue weighted by Crippen LogP contribution is -2.58. The number of carboxylic acid groups (broad SMARTS) is 1. The van der Waals surface area contributed by atoms with Crippen molar-refractivity contribution in [3.05, 3.63) is 54.2 Å². The van der Waals surface area contributed by atoms with Crippen molar-refractivity contribution in [1.82, 2.24) is 30.9 Å². The van der Waals surface area contributed by atoms with Crippen LogP contribution in [-0.2, 0) is 36.8 Å². The van der Waals surface area contributed by atoms with Gasteiger partial charge in [-0.25, -0.2) is 9.78 Å². The van der Waals surface area contributed by atoms with E-state index in [-0.39, 0.29) is 31.4 Å². The molecule has 0 aliphatic rings. The smallest absolute Gasteiger partial charge is 0.327 e. The maximum Gasteiger partial charge on any atom is 0.327 e. The summed E-state index contributed by atoms with van der Waals surface area (Å²) in [6.45, 7) is 0. The van der Waals surface area contributed by atoms with Gasteiger partial charge in [0.05, 0.1) is 12.4 Å². The molecule has 0 saturated heterocycles. The Balaban J connectivity index is 1.84. The van der Waals surface area contributed by atoms with Gasteiger partial charge < -0.3 is 42.5 Å². The number of nitrogens with two attached hydrogens (primary N) is 2. The third-order valence-electron chi connectivity index (χ3n) is 6.18. The molecule has 0 aliphatic heterocycles. The lowest BCUT2D eigenvalue weighted by atomic mass is 10.0. The van der Waals surface area contributed by atoms with E-state index in [9.17, 15) is 29.1 Å². The summed E-state index contributed by atoms with van der Waals surface area (Å²) in [6, 6.07) is 2.57. The number of fused-ring (bicyclic) bond motifs is 1. The minimum absolute atomic E-state index is 0.0172. The maximum atomic E-state index is 13.5. The Morgan fingerprint density at radius 3 is 2.23 bits per heavy atom. The highest BCUT2D eigenvalue weighted by atomic mass is 32.1. The monoisotopic (exact) mass is 572 g/mol. The Morgan fingerprint density at radius 2 is 1.60 bits per heavy atom. The van der Waals surface area contributed by atoms with Gasteiger partial charge in [0, 0.05) is 54.0 Å². The SMILES string of the molecule is NC(=O)CCC(N)C(=O)NC(Cc1cnc[nH]1)C(=O)NC(Cc1c[nH]c2ccccc12)C(=O)NC(CS)C(=O)O. The average Bonchev–Trinajstić information content (AvgIpc) is 3.59. The average molecular weight is 573 g/mol. The van der Waals surface area contributed by atoms with Crippen molar-refractivity contribution in [2.75, 3.05) is 5.75 Å². The highest BCUT2D eigenvalue weighted by Gasteiger charge is 2.31. The number of hydrogen-bond donors (Lipinski definition) is 9. The number of thiol groups is 1. The maximum absolute atomic E-state index is 13.5. The summed E-state index contributed by atoms with van der Waals surface area (Å²) in [5, 5.41) is 17.8. The number of amides is 4. The van der Waals surface area contributed by atoms with Crippen LogP contribution in [0.25, 0.3) is 10.9 Å². The second kappa shape index (κ2) is 14.1. The quantitative estimate of drug-likeness (QED) is 0.0993. The van der Waals surface area contributed by atoms with Gasteiger partial charge in [0.25, 0.3) is 0 Å². The highest BCUT2D eigenvalue weighted by Crippen LogP contribution is 2.19. The van der Waals surface area contributed by atoms with Crippen LogP contribution >= 0.6 is 12.6 Å². The second-order valence-electron chi connectivity index (χ2n) is 9.16. The third-order valence-corrected chi connectivity index (χ3v) is 6.54. The number of rotatable bonds is 15. The van der Waals surface area contributed by atoms with Crippen LogP contribution in [0.3, 0.4) is 0 Å². The Labute approximate surface area is 234 Å². The minimum Gasteiger partial charge on any atom is -0.480 e. The van der Waals surface area contributed by atoms with E-state index in [4.69, 9.17) is 11.5 Å². The van der Waals surface area contributed by atoms with E-state index in [0.29, 0.717) is 11.3 Å². The number of H-pyrrole nitrogens is 2. The normalized spacial score (nSPS) is 14.1. The van der Waals surface area contributed by atoms with Crippen molar-refractivity contribution in [2.45, 2.75) is 49.9 Å². The third kappa shape index (κ3) is 8.31. The van der Waals surface area contributed by atoms with Gasteiger partial charge in [-0.1, -0.05) is 18.2 Å². The van der Waals surface area contributed by atoms with E-state index in [1.807, 2.05) is 24.3 Å². The van der Waals surface area contributed by atoms with Crippen LogP contribution in [0.5, 0.6) is 0 Å². The fourth-order valence-corrected chi connectivity index (χ4v) is 4.24. The summed E-state index contributed by atoms with van der Waals surface area (Å²) in [7, 11) is 0. The van der Waals surface area contributed by atoms with Gasteiger partial charge in [-0.15, -0.1) is 0 Å². The first-order valence-corrected chi connectivity index (χ1v) is 13.0. The van der Waals surface area contributed by atoms with Crippen LogP contribution in [-0.4, -0.2) is 79.6 Å². The molecule has 214 valence electrons. The molecular weight excluding hydrogens is 540 g/mol. The second-order valence-corrected chi connectivity index (χ2v) is 9.53. The molecule has 2 heterocycles. The van der Waals surface area contributed by atoms with Gasteiger partial charge in [-0.05, 0) is 18.1 Å². The van der Waals surface area contributed by atoms with Crippen LogP contribution in [0.1, 0.15) is 24.1 Å². The first-order chi connectivity index (χ1) is 19.1. The van der Waals surface area contributed by atoms with E-state index in [0.717, 1.165) is 10.9 Å².